The minimum atomic E-state index is 0.713. The largest absolute Gasteiger partial charge is 0.227 e. The summed E-state index contributed by atoms with van der Waals surface area (Å²) in [5.74, 6) is 0. The van der Waals surface area contributed by atoms with Crippen molar-refractivity contribution in [2.24, 2.45) is 0 Å². The molecule has 0 amide bonds. The smallest absolute Gasteiger partial charge is 0.0725 e. The highest BCUT2D eigenvalue weighted by atomic mass is 79.9. The summed E-state index contributed by atoms with van der Waals surface area (Å²) in [7, 11) is 1.49. The molecule has 0 aliphatic heterocycles. The van der Waals surface area contributed by atoms with Crippen molar-refractivity contribution in [1.29, 1.82) is 0 Å². The van der Waals surface area contributed by atoms with Crippen LogP contribution in [-0.4, -0.2) is 7.11 Å². The molecule has 90 valence electrons. The van der Waals surface area contributed by atoms with Gasteiger partial charge in [-0.3, -0.25) is 0 Å². The third-order valence-corrected chi connectivity index (χ3v) is 4.39. The van der Waals surface area contributed by atoms with E-state index in [2.05, 4.69) is 33.0 Å². The number of rotatable bonds is 3. The van der Waals surface area contributed by atoms with E-state index in [1.54, 1.807) is 0 Å². The van der Waals surface area contributed by atoms with Crippen molar-refractivity contribution < 1.29 is 9.22 Å². The van der Waals surface area contributed by atoms with Gasteiger partial charge in [-0.25, -0.2) is 4.89 Å². The molecule has 0 fully saturated rings. The van der Waals surface area contributed by atoms with Crippen LogP contribution in [0.2, 0.25) is 5.02 Å². The Hall–Kier alpha value is -0.260. The van der Waals surface area contributed by atoms with Gasteiger partial charge in [0.05, 0.1) is 24.2 Å². The Morgan fingerprint density at radius 2 is 1.88 bits per heavy atom. The molecule has 2 aromatic rings. The minimum Gasteiger partial charge on any atom is -0.227 e. The van der Waals surface area contributed by atoms with Crippen LogP contribution < -0.4 is 0 Å². The lowest BCUT2D eigenvalue weighted by molar-refractivity contribution is -0.160. The van der Waals surface area contributed by atoms with Crippen LogP contribution >= 0.6 is 39.6 Å². The molecule has 0 saturated carbocycles. The molecule has 0 saturated heterocycles. The van der Waals surface area contributed by atoms with Crippen LogP contribution in [0.4, 0.5) is 0 Å². The van der Waals surface area contributed by atoms with Gasteiger partial charge in [-0.15, -0.1) is 0 Å². The number of hydrogen-bond donors (Lipinski definition) is 0. The summed E-state index contributed by atoms with van der Waals surface area (Å²) in [6.45, 7) is 2.02. The SMILES string of the molecule is COOSc1cc2cc(Br)c(Cl)cc2cc1C. The molecule has 0 spiro atoms. The van der Waals surface area contributed by atoms with Gasteiger partial charge in [-0.2, -0.15) is 4.33 Å². The van der Waals surface area contributed by atoms with E-state index >= 15 is 0 Å². The molecule has 2 rings (SSSR count). The van der Waals surface area contributed by atoms with E-state index in [0.29, 0.717) is 5.02 Å². The van der Waals surface area contributed by atoms with E-state index in [4.69, 9.17) is 15.9 Å². The van der Waals surface area contributed by atoms with Gasteiger partial charge in [0.1, 0.15) is 0 Å². The highest BCUT2D eigenvalue weighted by Crippen LogP contribution is 2.33. The van der Waals surface area contributed by atoms with Crippen molar-refractivity contribution in [1.82, 2.24) is 0 Å². The monoisotopic (exact) mass is 332 g/mol. The van der Waals surface area contributed by atoms with Crippen molar-refractivity contribution in [3.63, 3.8) is 0 Å². The zero-order chi connectivity index (χ0) is 12.4. The fourth-order valence-electron chi connectivity index (χ4n) is 1.55. The highest BCUT2D eigenvalue weighted by molar-refractivity contribution is 9.10. The minimum absolute atomic E-state index is 0.713. The van der Waals surface area contributed by atoms with Gasteiger partial charge in [0.15, 0.2) is 0 Å². The van der Waals surface area contributed by atoms with Crippen LogP contribution in [-0.2, 0) is 9.22 Å². The first-order chi connectivity index (χ1) is 8.11. The molecule has 2 nitrogen and oxygen atoms in total. The molecule has 0 aromatic heterocycles. The van der Waals surface area contributed by atoms with E-state index in [9.17, 15) is 0 Å². The van der Waals surface area contributed by atoms with Gasteiger partial charge in [0.2, 0.25) is 0 Å². The Balaban J connectivity index is 2.51. The Kier molecular flexibility index (Phi) is 4.33. The third kappa shape index (κ3) is 2.95. The van der Waals surface area contributed by atoms with Crippen molar-refractivity contribution >= 4 is 50.3 Å². The van der Waals surface area contributed by atoms with E-state index in [-0.39, 0.29) is 0 Å². The number of fused-ring (bicyclic) bond motifs is 1. The van der Waals surface area contributed by atoms with E-state index in [0.717, 1.165) is 25.7 Å². The summed E-state index contributed by atoms with van der Waals surface area (Å²) in [5.41, 5.74) is 1.12. The highest BCUT2D eigenvalue weighted by Gasteiger charge is 2.06. The maximum Gasteiger partial charge on any atom is 0.0725 e. The number of halogens is 2. The van der Waals surface area contributed by atoms with Gasteiger partial charge in [0, 0.05) is 9.37 Å². The predicted molar refractivity (Wildman–Crippen MR) is 75.3 cm³/mol. The summed E-state index contributed by atoms with van der Waals surface area (Å²) >= 11 is 10.7. The maximum atomic E-state index is 6.07. The van der Waals surface area contributed by atoms with Crippen LogP contribution in [0, 0.1) is 6.92 Å². The van der Waals surface area contributed by atoms with Gasteiger partial charge < -0.3 is 0 Å². The van der Waals surface area contributed by atoms with Crippen molar-refractivity contribution in [3.8, 4) is 0 Å². The van der Waals surface area contributed by atoms with Crippen LogP contribution in [0.25, 0.3) is 10.8 Å². The zero-order valence-corrected chi connectivity index (χ0v) is 12.4. The van der Waals surface area contributed by atoms with Crippen LogP contribution in [0.5, 0.6) is 0 Å². The summed E-state index contributed by atoms with van der Waals surface area (Å²) in [5, 5.41) is 2.93. The first-order valence-corrected chi connectivity index (χ1v) is 6.80. The second kappa shape index (κ2) is 5.59. The molecule has 0 atom stereocenters. The lowest BCUT2D eigenvalue weighted by Gasteiger charge is -2.07. The molecular weight excluding hydrogens is 324 g/mol. The standard InChI is InChI=1S/C12H10BrClO2S/c1-7-3-8-5-11(14)10(13)4-9(8)6-12(7)17-16-15-2/h3-6H,1-2H3. The van der Waals surface area contributed by atoms with Crippen molar-refractivity contribution in [3.05, 3.63) is 39.3 Å². The Morgan fingerprint density at radius 3 is 2.59 bits per heavy atom. The average Bonchev–Trinajstić information content (AvgIpc) is 2.29. The molecular formula is C12H10BrClO2S. The molecule has 0 aliphatic carbocycles. The first-order valence-electron chi connectivity index (χ1n) is 4.88. The van der Waals surface area contributed by atoms with Gasteiger partial charge in [-0.05, 0) is 57.4 Å². The molecule has 5 heteroatoms. The van der Waals surface area contributed by atoms with Crippen LogP contribution in [0.1, 0.15) is 5.56 Å². The molecule has 17 heavy (non-hydrogen) atoms. The molecule has 0 radical (unpaired) electrons. The fourth-order valence-corrected chi connectivity index (χ4v) is 2.59. The van der Waals surface area contributed by atoms with E-state index in [1.807, 2.05) is 19.1 Å². The number of aryl methyl sites for hydroxylation is 1. The third-order valence-electron chi connectivity index (χ3n) is 2.37. The normalized spacial score (nSPS) is 11.1. The number of benzene rings is 2. The van der Waals surface area contributed by atoms with E-state index < -0.39 is 0 Å². The molecule has 0 aliphatic rings. The molecule has 0 heterocycles. The average molecular weight is 334 g/mol. The van der Waals surface area contributed by atoms with Gasteiger partial charge in [0.25, 0.3) is 0 Å². The van der Waals surface area contributed by atoms with Crippen LogP contribution in [0.3, 0.4) is 0 Å². The Bertz CT molecular complexity index is 560. The zero-order valence-electron chi connectivity index (χ0n) is 9.29. The van der Waals surface area contributed by atoms with E-state index in [1.165, 1.54) is 19.2 Å². The van der Waals surface area contributed by atoms with Crippen molar-refractivity contribution in [2.45, 2.75) is 11.8 Å². The van der Waals surface area contributed by atoms with Crippen molar-refractivity contribution in [2.75, 3.05) is 7.11 Å². The lowest BCUT2D eigenvalue weighted by atomic mass is 10.1. The van der Waals surface area contributed by atoms with Gasteiger partial charge >= 0.3 is 0 Å². The quantitative estimate of drug-likeness (QED) is 0.440. The summed E-state index contributed by atoms with van der Waals surface area (Å²) in [6.07, 6.45) is 0. The maximum absolute atomic E-state index is 6.07. The summed E-state index contributed by atoms with van der Waals surface area (Å²) in [4.78, 5) is 5.61. The topological polar surface area (TPSA) is 18.5 Å². The second-order valence-corrected chi connectivity index (χ2v) is 5.55. The second-order valence-electron chi connectivity index (χ2n) is 3.55. The molecule has 2 aromatic carbocycles. The lowest BCUT2D eigenvalue weighted by Crippen LogP contribution is -1.84. The van der Waals surface area contributed by atoms with Gasteiger partial charge in [-0.1, -0.05) is 17.7 Å². The fraction of sp³-hybridized carbons (Fsp3) is 0.167. The van der Waals surface area contributed by atoms with Crippen LogP contribution in [0.15, 0.2) is 33.6 Å². The molecule has 0 unspecified atom stereocenters. The molecule has 0 bridgehead atoms. The predicted octanol–water partition coefficient (Wildman–Crippen LogP) is 5.15. The Labute approximate surface area is 118 Å². The summed E-state index contributed by atoms with van der Waals surface area (Å²) < 4.78 is 5.77. The molecule has 0 N–H and O–H groups in total. The first kappa shape index (κ1) is 13.2. The number of hydrogen-bond acceptors (Lipinski definition) is 3. The Morgan fingerprint density at radius 1 is 1.18 bits per heavy atom. The summed E-state index contributed by atoms with van der Waals surface area (Å²) in [6, 6.07) is 8.07.